The number of amides is 3. The number of β-lactam (4-membered cyclic amide) rings is 1. The number of hydrogen-bond donors (Lipinski definition) is 4. The number of thioether (sulfide) groups is 1. The number of carboxylic acids is 1. The van der Waals surface area contributed by atoms with E-state index < -0.39 is 35.1 Å². The second-order valence-corrected chi connectivity index (χ2v) is 12.1. The lowest BCUT2D eigenvalue weighted by Crippen LogP contribution is -2.71. The summed E-state index contributed by atoms with van der Waals surface area (Å²) in [5.41, 5.74) is 7.44. The van der Waals surface area contributed by atoms with Gasteiger partial charge < -0.3 is 21.0 Å². The topological polar surface area (TPSA) is 217 Å². The molecule has 0 radical (unpaired) electrons. The molecule has 3 aromatic heterocycles. The molecule has 5 rings (SSSR count). The Morgan fingerprint density at radius 1 is 1.29 bits per heavy atom. The molecule has 2 aliphatic rings. The summed E-state index contributed by atoms with van der Waals surface area (Å²) in [5.74, 6) is -2.76. The zero-order chi connectivity index (χ0) is 32.1. The molecule has 230 valence electrons. The monoisotopic (exact) mass is 666 g/mol. The third kappa shape index (κ3) is 6.69. The number of carbonyl (C=O) groups excluding carboxylic acids is 3. The molecule has 5 heterocycles. The minimum atomic E-state index is -1.25. The van der Waals surface area contributed by atoms with Crippen LogP contribution >= 0.6 is 34.4 Å². The van der Waals surface area contributed by atoms with Crippen LogP contribution in [-0.2, 0) is 25.8 Å². The standard InChI is InChI=1S/C27H23N9O6S3/c1-2-42-34-18(17-12-45-27(29)32-17)21(37)33-19-24(39)36-20(26(40)41)15(10-44-25(19)36)4-3-7-35-8-5-14(6-9-35)16-11-43-23(31-16)22(38)30-13-28/h3-6,8-9,11-12,19,25H,2,7,10H2,1H3,(H4-,29,30,32,33,37,38,40,41)/p+1/b4-3+,34-18-/t19-,25-/m1/s1. The van der Waals surface area contributed by atoms with Crippen molar-refractivity contribution in [2.24, 2.45) is 5.16 Å². The number of carboxylic acid groups (broad SMARTS) is 1. The van der Waals surface area contributed by atoms with Crippen molar-refractivity contribution in [1.82, 2.24) is 25.5 Å². The van der Waals surface area contributed by atoms with Crippen molar-refractivity contribution in [1.29, 1.82) is 5.26 Å². The number of pyridine rings is 1. The number of aliphatic carboxylic acids is 1. The van der Waals surface area contributed by atoms with Gasteiger partial charge in [0.15, 0.2) is 41.0 Å². The minimum absolute atomic E-state index is 0.138. The van der Waals surface area contributed by atoms with E-state index in [4.69, 9.17) is 15.8 Å². The van der Waals surface area contributed by atoms with Crippen LogP contribution in [0.3, 0.4) is 0 Å². The van der Waals surface area contributed by atoms with Gasteiger partial charge in [0, 0.05) is 34.2 Å². The first kappa shape index (κ1) is 31.3. The lowest BCUT2D eigenvalue weighted by Gasteiger charge is -2.49. The van der Waals surface area contributed by atoms with Gasteiger partial charge in [-0.25, -0.2) is 19.3 Å². The predicted molar refractivity (Wildman–Crippen MR) is 164 cm³/mol. The van der Waals surface area contributed by atoms with Crippen LogP contribution in [0.5, 0.6) is 0 Å². The fourth-order valence-corrected chi connectivity index (χ4v) is 6.98. The number of oxime groups is 1. The van der Waals surface area contributed by atoms with E-state index in [0.717, 1.165) is 28.2 Å². The molecule has 0 saturated carbocycles. The van der Waals surface area contributed by atoms with Crippen molar-refractivity contribution in [2.45, 2.75) is 24.9 Å². The number of nitrogens with one attached hydrogen (secondary N) is 2. The van der Waals surface area contributed by atoms with E-state index >= 15 is 0 Å². The highest BCUT2D eigenvalue weighted by Gasteiger charge is 2.54. The highest BCUT2D eigenvalue weighted by Crippen LogP contribution is 2.40. The van der Waals surface area contributed by atoms with Gasteiger partial charge in [-0.15, -0.1) is 34.4 Å². The minimum Gasteiger partial charge on any atom is -0.477 e. The molecule has 0 unspecified atom stereocenters. The number of anilines is 1. The summed E-state index contributed by atoms with van der Waals surface area (Å²) in [5, 5.41) is 30.2. The van der Waals surface area contributed by atoms with Crippen LogP contribution in [0.1, 0.15) is 22.4 Å². The smallest absolute Gasteiger partial charge is 0.352 e. The van der Waals surface area contributed by atoms with Gasteiger partial charge in [-0.3, -0.25) is 24.6 Å². The lowest BCUT2D eigenvalue weighted by molar-refractivity contribution is -0.686. The molecule has 5 N–H and O–H groups in total. The van der Waals surface area contributed by atoms with E-state index in [1.54, 1.807) is 36.0 Å². The van der Waals surface area contributed by atoms with Gasteiger partial charge in [0.05, 0.1) is 5.69 Å². The average molecular weight is 667 g/mol. The number of rotatable bonds is 11. The number of nitrogen functional groups attached to an aromatic ring is 1. The molecule has 0 aliphatic carbocycles. The maximum absolute atomic E-state index is 13.1. The lowest BCUT2D eigenvalue weighted by atomic mass is 10.0. The number of hydrogen-bond acceptors (Lipinski definition) is 13. The van der Waals surface area contributed by atoms with Crippen molar-refractivity contribution in [3.63, 3.8) is 0 Å². The van der Waals surface area contributed by atoms with E-state index in [0.29, 0.717) is 23.6 Å². The van der Waals surface area contributed by atoms with E-state index in [1.807, 2.05) is 34.4 Å². The van der Waals surface area contributed by atoms with Crippen LogP contribution in [0.2, 0.25) is 0 Å². The second kappa shape index (κ2) is 13.7. The number of thiazole rings is 2. The maximum Gasteiger partial charge on any atom is 0.352 e. The van der Waals surface area contributed by atoms with Crippen LogP contribution in [0.15, 0.2) is 63.9 Å². The fourth-order valence-electron chi connectivity index (χ4n) is 4.39. The molecule has 15 nitrogen and oxygen atoms in total. The van der Waals surface area contributed by atoms with Crippen LogP contribution < -0.4 is 20.9 Å². The average Bonchev–Trinajstić information content (AvgIpc) is 3.70. The first-order valence-electron chi connectivity index (χ1n) is 13.2. The number of nitrogens with zero attached hydrogens (tertiary/aromatic N) is 6. The summed E-state index contributed by atoms with van der Waals surface area (Å²) >= 11 is 3.58. The highest BCUT2D eigenvalue weighted by molar-refractivity contribution is 8.00. The quantitative estimate of drug-likeness (QED) is 0.0567. The van der Waals surface area contributed by atoms with Crippen molar-refractivity contribution < 1.29 is 33.7 Å². The van der Waals surface area contributed by atoms with Gasteiger partial charge >= 0.3 is 5.97 Å². The van der Waals surface area contributed by atoms with Crippen LogP contribution in [0, 0.1) is 11.5 Å². The van der Waals surface area contributed by atoms with Crippen LogP contribution in [0.25, 0.3) is 11.3 Å². The molecule has 3 amide bonds. The first-order valence-corrected chi connectivity index (χ1v) is 16.0. The summed E-state index contributed by atoms with van der Waals surface area (Å²) in [4.78, 5) is 64.7. The van der Waals surface area contributed by atoms with Gasteiger partial charge in [0.2, 0.25) is 0 Å². The van der Waals surface area contributed by atoms with Crippen molar-refractivity contribution in [2.75, 3.05) is 18.1 Å². The third-order valence-electron chi connectivity index (χ3n) is 6.44. The molecule has 0 aromatic carbocycles. The largest absolute Gasteiger partial charge is 0.477 e. The van der Waals surface area contributed by atoms with E-state index in [1.165, 1.54) is 16.7 Å². The van der Waals surface area contributed by atoms with Gasteiger partial charge in [-0.1, -0.05) is 11.2 Å². The molecule has 3 aromatic rings. The van der Waals surface area contributed by atoms with E-state index in [9.17, 15) is 24.3 Å². The van der Waals surface area contributed by atoms with E-state index in [-0.39, 0.29) is 33.8 Å². The summed E-state index contributed by atoms with van der Waals surface area (Å²) in [6, 6.07) is 2.67. The Hall–Kier alpha value is -5.12. The van der Waals surface area contributed by atoms with Crippen LogP contribution in [-0.4, -0.2) is 73.2 Å². The number of nitrogens with two attached hydrogens (primary N) is 1. The Morgan fingerprint density at radius 2 is 2.07 bits per heavy atom. The molecule has 0 bridgehead atoms. The molecular formula is C27H24N9O6S3+. The fraction of sp³-hybridized carbons (Fsp3) is 0.222. The number of nitriles is 1. The molecule has 0 spiro atoms. The summed E-state index contributed by atoms with van der Waals surface area (Å²) in [6.07, 6.45) is 8.65. The predicted octanol–water partition coefficient (Wildman–Crippen LogP) is 1.08. The SMILES string of the molecule is CCO/N=C(\C(=O)N[C@@H]1C(=O)N2C(C(=O)O)=C(/C=C/C[n+]3ccc(-c4csc(C(=O)NC#N)n4)cc3)CS[C@H]12)c1csc(N)n1. The molecule has 2 atom stereocenters. The molecule has 18 heteroatoms. The Balaban J connectivity index is 1.24. The van der Waals surface area contributed by atoms with Crippen molar-refractivity contribution in [3.8, 4) is 17.5 Å². The summed E-state index contributed by atoms with van der Waals surface area (Å²) in [6.45, 7) is 2.31. The molecule has 1 saturated heterocycles. The normalized spacial score (nSPS) is 17.8. The molecule has 45 heavy (non-hydrogen) atoms. The Labute approximate surface area is 267 Å². The Kier molecular flexibility index (Phi) is 9.51. The number of fused-ring (bicyclic) bond motifs is 1. The molecular weight excluding hydrogens is 643 g/mol. The van der Waals surface area contributed by atoms with Gasteiger partial charge in [0.1, 0.15) is 29.4 Å². The Bertz CT molecular complexity index is 1790. The molecule has 1 fully saturated rings. The zero-order valence-electron chi connectivity index (χ0n) is 23.4. The van der Waals surface area contributed by atoms with Crippen molar-refractivity contribution >= 4 is 69.0 Å². The van der Waals surface area contributed by atoms with Gasteiger partial charge in [0.25, 0.3) is 17.7 Å². The highest BCUT2D eigenvalue weighted by atomic mass is 32.2. The number of carbonyl (C=O) groups is 4. The second-order valence-electron chi connectivity index (χ2n) is 9.26. The molecule has 2 aliphatic heterocycles. The number of allylic oxidation sites excluding steroid dienone is 2. The summed E-state index contributed by atoms with van der Waals surface area (Å²) < 4.78 is 1.85. The Morgan fingerprint density at radius 3 is 2.73 bits per heavy atom. The van der Waals surface area contributed by atoms with Gasteiger partial charge in [-0.2, -0.15) is 5.26 Å². The van der Waals surface area contributed by atoms with Crippen LogP contribution in [0.4, 0.5) is 5.13 Å². The van der Waals surface area contributed by atoms with E-state index in [2.05, 4.69) is 20.4 Å². The maximum atomic E-state index is 13.1. The third-order valence-corrected chi connectivity index (χ3v) is 9.26. The van der Waals surface area contributed by atoms with Gasteiger partial charge in [-0.05, 0) is 18.6 Å². The van der Waals surface area contributed by atoms with Crippen molar-refractivity contribution in [3.05, 3.63) is 69.4 Å². The number of aromatic nitrogens is 3. The first-order chi connectivity index (χ1) is 21.7. The summed E-state index contributed by atoms with van der Waals surface area (Å²) in [7, 11) is 0. The zero-order valence-corrected chi connectivity index (χ0v) is 25.8.